The van der Waals surface area contributed by atoms with E-state index in [-0.39, 0.29) is 11.5 Å². The van der Waals surface area contributed by atoms with Crippen molar-refractivity contribution >= 4 is 16.9 Å². The lowest BCUT2D eigenvalue weighted by Gasteiger charge is -2.02. The van der Waals surface area contributed by atoms with E-state index in [1.807, 2.05) is 0 Å². The fourth-order valence-corrected chi connectivity index (χ4v) is 1.83. The molecule has 3 rings (SSSR count). The lowest BCUT2D eigenvalue weighted by Crippen LogP contribution is -1.98. The van der Waals surface area contributed by atoms with Crippen molar-refractivity contribution in [3.05, 3.63) is 36.1 Å². The number of aromatic nitrogens is 2. The maximum atomic E-state index is 13.6. The maximum Gasteiger partial charge on any atom is 0.223 e. The molecule has 0 bridgehead atoms. The standard InChI is InChI=1S/C13H10FN3O2/c1-18-11-6-9(16-13(15)17-11)10-5-7-3-2-4-8(14)12(7)19-10/h2-6H,1H3,(H2,15,16,17). The summed E-state index contributed by atoms with van der Waals surface area (Å²) in [5.74, 6) is 0.379. The molecule has 0 spiro atoms. The molecule has 0 amide bonds. The van der Waals surface area contributed by atoms with E-state index in [2.05, 4.69) is 9.97 Å². The number of rotatable bonds is 2. The number of halogens is 1. The van der Waals surface area contributed by atoms with Gasteiger partial charge in [-0.15, -0.1) is 0 Å². The molecule has 19 heavy (non-hydrogen) atoms. The Morgan fingerprint density at radius 3 is 2.84 bits per heavy atom. The Kier molecular flexibility index (Phi) is 2.56. The maximum absolute atomic E-state index is 13.6. The minimum Gasteiger partial charge on any atom is -0.481 e. The molecule has 0 aliphatic heterocycles. The minimum absolute atomic E-state index is 0.0651. The Morgan fingerprint density at radius 1 is 1.26 bits per heavy atom. The molecule has 2 aromatic heterocycles. The average molecular weight is 259 g/mol. The van der Waals surface area contributed by atoms with E-state index in [0.29, 0.717) is 22.7 Å². The molecule has 2 heterocycles. The lowest BCUT2D eigenvalue weighted by atomic mass is 10.2. The van der Waals surface area contributed by atoms with Crippen LogP contribution in [0.3, 0.4) is 0 Å². The van der Waals surface area contributed by atoms with Crippen molar-refractivity contribution in [2.24, 2.45) is 0 Å². The molecular formula is C13H10FN3O2. The van der Waals surface area contributed by atoms with Crippen LogP contribution in [0.1, 0.15) is 0 Å². The SMILES string of the molecule is COc1cc(-c2cc3cccc(F)c3o2)nc(N)n1. The van der Waals surface area contributed by atoms with E-state index >= 15 is 0 Å². The third-order valence-electron chi connectivity index (χ3n) is 2.68. The summed E-state index contributed by atoms with van der Waals surface area (Å²) < 4.78 is 24.0. The largest absolute Gasteiger partial charge is 0.481 e. The number of fused-ring (bicyclic) bond motifs is 1. The number of nitrogens with two attached hydrogens (primary N) is 1. The highest BCUT2D eigenvalue weighted by molar-refractivity contribution is 5.82. The zero-order chi connectivity index (χ0) is 13.4. The molecule has 0 fully saturated rings. The van der Waals surface area contributed by atoms with Crippen LogP contribution in [0, 0.1) is 5.82 Å². The minimum atomic E-state index is -0.419. The first-order valence-corrected chi connectivity index (χ1v) is 5.54. The first kappa shape index (κ1) is 11.5. The molecule has 3 aromatic rings. The smallest absolute Gasteiger partial charge is 0.223 e. The number of para-hydroxylation sites is 1. The van der Waals surface area contributed by atoms with E-state index in [4.69, 9.17) is 14.9 Å². The number of ether oxygens (including phenoxy) is 1. The third kappa shape index (κ3) is 1.97. The van der Waals surface area contributed by atoms with Gasteiger partial charge in [0.1, 0.15) is 5.69 Å². The predicted molar refractivity (Wildman–Crippen MR) is 68.2 cm³/mol. The highest BCUT2D eigenvalue weighted by Crippen LogP contribution is 2.29. The van der Waals surface area contributed by atoms with Gasteiger partial charge in [-0.05, 0) is 12.1 Å². The highest BCUT2D eigenvalue weighted by Gasteiger charge is 2.12. The van der Waals surface area contributed by atoms with Gasteiger partial charge in [0, 0.05) is 11.5 Å². The molecule has 1 aromatic carbocycles. The van der Waals surface area contributed by atoms with Crippen LogP contribution in [-0.4, -0.2) is 17.1 Å². The lowest BCUT2D eigenvalue weighted by molar-refractivity contribution is 0.397. The van der Waals surface area contributed by atoms with Gasteiger partial charge in [0.2, 0.25) is 11.8 Å². The molecule has 5 nitrogen and oxygen atoms in total. The van der Waals surface area contributed by atoms with Crippen LogP contribution in [-0.2, 0) is 0 Å². The van der Waals surface area contributed by atoms with Crippen LogP contribution in [0.25, 0.3) is 22.4 Å². The summed E-state index contributed by atoms with van der Waals surface area (Å²) in [6.45, 7) is 0. The summed E-state index contributed by atoms with van der Waals surface area (Å²) in [7, 11) is 1.48. The second-order valence-electron chi connectivity index (χ2n) is 3.92. The summed E-state index contributed by atoms with van der Waals surface area (Å²) in [5.41, 5.74) is 6.21. The summed E-state index contributed by atoms with van der Waals surface area (Å²) >= 11 is 0. The Morgan fingerprint density at radius 2 is 2.11 bits per heavy atom. The highest BCUT2D eigenvalue weighted by atomic mass is 19.1. The quantitative estimate of drug-likeness (QED) is 0.765. The second kappa shape index (κ2) is 4.24. The summed E-state index contributed by atoms with van der Waals surface area (Å²) in [5, 5.41) is 0.658. The van der Waals surface area contributed by atoms with Crippen molar-refractivity contribution in [1.29, 1.82) is 0 Å². The molecule has 0 atom stereocenters. The first-order valence-electron chi connectivity index (χ1n) is 5.54. The number of methoxy groups -OCH3 is 1. The molecule has 0 radical (unpaired) electrons. The van der Waals surface area contributed by atoms with Crippen molar-refractivity contribution < 1.29 is 13.5 Å². The number of hydrogen-bond acceptors (Lipinski definition) is 5. The van der Waals surface area contributed by atoms with E-state index in [0.717, 1.165) is 0 Å². The monoisotopic (exact) mass is 259 g/mol. The Bertz CT molecular complexity index is 755. The van der Waals surface area contributed by atoms with Gasteiger partial charge >= 0.3 is 0 Å². The third-order valence-corrected chi connectivity index (χ3v) is 2.68. The van der Waals surface area contributed by atoms with Crippen LogP contribution in [0.2, 0.25) is 0 Å². The summed E-state index contributed by atoms with van der Waals surface area (Å²) in [6.07, 6.45) is 0. The number of furan rings is 1. The second-order valence-corrected chi connectivity index (χ2v) is 3.92. The predicted octanol–water partition coefficient (Wildman–Crippen LogP) is 2.62. The topological polar surface area (TPSA) is 74.2 Å². The van der Waals surface area contributed by atoms with Crippen molar-refractivity contribution in [2.45, 2.75) is 0 Å². The fraction of sp³-hybridized carbons (Fsp3) is 0.0769. The average Bonchev–Trinajstić information content (AvgIpc) is 2.83. The van der Waals surface area contributed by atoms with Crippen LogP contribution in [0.4, 0.5) is 10.3 Å². The molecule has 0 aliphatic carbocycles. The number of anilines is 1. The van der Waals surface area contributed by atoms with Gasteiger partial charge in [0.05, 0.1) is 7.11 Å². The van der Waals surface area contributed by atoms with Gasteiger partial charge in [0.25, 0.3) is 0 Å². The molecular weight excluding hydrogens is 249 g/mol. The number of benzene rings is 1. The van der Waals surface area contributed by atoms with Gasteiger partial charge in [-0.2, -0.15) is 4.98 Å². The van der Waals surface area contributed by atoms with Crippen LogP contribution >= 0.6 is 0 Å². The molecule has 0 saturated heterocycles. The zero-order valence-electron chi connectivity index (χ0n) is 10.1. The Hall–Kier alpha value is -2.63. The van der Waals surface area contributed by atoms with Crippen molar-refractivity contribution in [1.82, 2.24) is 9.97 Å². The molecule has 2 N–H and O–H groups in total. The zero-order valence-corrected chi connectivity index (χ0v) is 10.1. The van der Waals surface area contributed by atoms with Crippen molar-refractivity contribution in [3.8, 4) is 17.3 Å². The van der Waals surface area contributed by atoms with Gasteiger partial charge in [0.15, 0.2) is 17.2 Å². The van der Waals surface area contributed by atoms with Gasteiger partial charge in [-0.1, -0.05) is 12.1 Å². The van der Waals surface area contributed by atoms with Gasteiger partial charge < -0.3 is 14.9 Å². The Labute approximate surface area is 107 Å². The van der Waals surface area contributed by atoms with E-state index < -0.39 is 5.82 Å². The van der Waals surface area contributed by atoms with E-state index in [9.17, 15) is 4.39 Å². The number of nitrogens with zero attached hydrogens (tertiary/aromatic N) is 2. The molecule has 0 unspecified atom stereocenters. The molecule has 0 saturated carbocycles. The number of nitrogen functional groups attached to an aromatic ring is 1. The Balaban J connectivity index is 2.19. The van der Waals surface area contributed by atoms with Crippen LogP contribution in [0.15, 0.2) is 34.7 Å². The van der Waals surface area contributed by atoms with Crippen molar-refractivity contribution in [2.75, 3.05) is 12.8 Å². The van der Waals surface area contributed by atoms with Crippen LogP contribution < -0.4 is 10.5 Å². The number of hydrogen-bond donors (Lipinski definition) is 1. The van der Waals surface area contributed by atoms with Gasteiger partial charge in [-0.3, -0.25) is 0 Å². The molecule has 0 aliphatic rings. The first-order chi connectivity index (χ1) is 9.17. The normalized spacial score (nSPS) is 10.8. The van der Waals surface area contributed by atoms with Gasteiger partial charge in [-0.25, -0.2) is 9.37 Å². The summed E-state index contributed by atoms with van der Waals surface area (Å²) in [4.78, 5) is 7.93. The van der Waals surface area contributed by atoms with E-state index in [1.54, 1.807) is 24.3 Å². The molecule has 6 heteroatoms. The summed E-state index contributed by atoms with van der Waals surface area (Å²) in [6, 6.07) is 7.98. The van der Waals surface area contributed by atoms with Crippen LogP contribution in [0.5, 0.6) is 5.88 Å². The van der Waals surface area contributed by atoms with E-state index in [1.165, 1.54) is 13.2 Å². The molecule has 96 valence electrons. The fourth-order valence-electron chi connectivity index (χ4n) is 1.83. The van der Waals surface area contributed by atoms with Crippen molar-refractivity contribution in [3.63, 3.8) is 0 Å².